The first kappa shape index (κ1) is 22.3. The van der Waals surface area contributed by atoms with Crippen molar-refractivity contribution in [2.75, 3.05) is 13.7 Å². The number of thiazole rings is 1. The van der Waals surface area contributed by atoms with E-state index in [1.165, 1.54) is 22.7 Å². The van der Waals surface area contributed by atoms with E-state index in [1.807, 2.05) is 29.6 Å². The van der Waals surface area contributed by atoms with Gasteiger partial charge < -0.3 is 14.8 Å². The van der Waals surface area contributed by atoms with Gasteiger partial charge in [-0.15, -0.1) is 22.7 Å². The quantitative estimate of drug-likeness (QED) is 0.456. The summed E-state index contributed by atoms with van der Waals surface area (Å²) in [5.41, 5.74) is 1.43. The number of benzene rings is 1. The average Bonchev–Trinajstić information content (AvgIpc) is 3.36. The molecule has 0 aliphatic rings. The third-order valence-corrected chi connectivity index (χ3v) is 6.48. The molecule has 0 radical (unpaired) electrons. The van der Waals surface area contributed by atoms with Crippen LogP contribution >= 0.6 is 34.3 Å². The van der Waals surface area contributed by atoms with Crippen molar-refractivity contribution in [3.63, 3.8) is 0 Å². The summed E-state index contributed by atoms with van der Waals surface area (Å²) < 4.78 is 11.0. The lowest BCUT2D eigenvalue weighted by Crippen LogP contribution is -2.31. The second-order valence-corrected chi connectivity index (χ2v) is 8.90. The molecule has 2 heterocycles. The molecule has 30 heavy (non-hydrogen) atoms. The Morgan fingerprint density at radius 3 is 2.80 bits per heavy atom. The summed E-state index contributed by atoms with van der Waals surface area (Å²) in [4.78, 5) is 30.2. The fraction of sp³-hybridized carbons (Fsp3) is 0.286. The molecule has 1 aromatic carbocycles. The lowest BCUT2D eigenvalue weighted by molar-refractivity contribution is -0.143. The Balaban J connectivity index is 1.71. The summed E-state index contributed by atoms with van der Waals surface area (Å²) in [7, 11) is 1.57. The second-order valence-electron chi connectivity index (χ2n) is 6.33. The smallest absolute Gasteiger partial charge is 0.308 e. The van der Waals surface area contributed by atoms with Crippen molar-refractivity contribution in [1.82, 2.24) is 10.3 Å². The number of nitrogens with zero attached hydrogens (tertiary/aromatic N) is 1. The molecule has 9 heteroatoms. The molecule has 1 unspecified atom stereocenters. The lowest BCUT2D eigenvalue weighted by Gasteiger charge is -2.19. The van der Waals surface area contributed by atoms with E-state index >= 15 is 0 Å². The molecule has 158 valence electrons. The maximum Gasteiger partial charge on any atom is 0.308 e. The standard InChI is InChI=1S/C21H21ClN2O4S2/c1-3-28-20(26)11-16(13-5-4-6-15(9-13)27-2)24-19(25)10-14-12-29-21(23-14)17-7-8-18(22)30-17/h4-9,12,16H,3,10-11H2,1-2H3,(H,24,25). The summed E-state index contributed by atoms with van der Waals surface area (Å²) in [6.07, 6.45) is 0.141. The number of hydrogen-bond donors (Lipinski definition) is 1. The minimum atomic E-state index is -0.527. The zero-order chi connectivity index (χ0) is 21.5. The molecule has 3 aromatic rings. The maximum absolute atomic E-state index is 12.7. The highest BCUT2D eigenvalue weighted by molar-refractivity contribution is 7.23. The zero-order valence-electron chi connectivity index (χ0n) is 16.5. The molecule has 2 aromatic heterocycles. The highest BCUT2D eigenvalue weighted by Crippen LogP contribution is 2.33. The topological polar surface area (TPSA) is 77.5 Å². The van der Waals surface area contributed by atoms with Gasteiger partial charge >= 0.3 is 5.97 Å². The van der Waals surface area contributed by atoms with Crippen LogP contribution in [0.3, 0.4) is 0 Å². The maximum atomic E-state index is 12.7. The number of rotatable bonds is 9. The van der Waals surface area contributed by atoms with Crippen LogP contribution in [0.15, 0.2) is 41.8 Å². The summed E-state index contributed by atoms with van der Waals surface area (Å²) in [5, 5.41) is 5.61. The van der Waals surface area contributed by atoms with E-state index in [0.717, 1.165) is 15.4 Å². The Morgan fingerprint density at radius 2 is 2.10 bits per heavy atom. The van der Waals surface area contributed by atoms with Crippen molar-refractivity contribution in [1.29, 1.82) is 0 Å². The molecule has 0 saturated heterocycles. The molecule has 0 aliphatic heterocycles. The van der Waals surface area contributed by atoms with Crippen LogP contribution in [0.1, 0.15) is 30.6 Å². The van der Waals surface area contributed by atoms with Gasteiger partial charge in [0.25, 0.3) is 0 Å². The molecule has 6 nitrogen and oxygen atoms in total. The Bertz CT molecular complexity index is 1020. The minimum absolute atomic E-state index is 0.0305. The molecule has 1 N–H and O–H groups in total. The normalized spacial score (nSPS) is 11.7. The van der Waals surface area contributed by atoms with Gasteiger partial charge in [-0.3, -0.25) is 9.59 Å². The number of thiophene rings is 1. The first-order chi connectivity index (χ1) is 14.5. The van der Waals surface area contributed by atoms with E-state index in [0.29, 0.717) is 15.8 Å². The third kappa shape index (κ3) is 6.04. The van der Waals surface area contributed by atoms with Gasteiger partial charge in [0.2, 0.25) is 5.91 Å². The molecule has 0 saturated carbocycles. The molecule has 0 bridgehead atoms. The van der Waals surface area contributed by atoms with Crippen LogP contribution in [0, 0.1) is 0 Å². The van der Waals surface area contributed by atoms with Gasteiger partial charge in [0.15, 0.2) is 0 Å². The van der Waals surface area contributed by atoms with Crippen LogP contribution < -0.4 is 10.1 Å². The molecule has 0 aliphatic carbocycles. The fourth-order valence-electron chi connectivity index (χ4n) is 2.84. The Morgan fingerprint density at radius 1 is 1.27 bits per heavy atom. The highest BCUT2D eigenvalue weighted by Gasteiger charge is 2.21. The number of nitrogens with one attached hydrogen (secondary N) is 1. The molecular formula is C21H21ClN2O4S2. The summed E-state index contributed by atoms with van der Waals surface area (Å²) in [5.74, 6) is 0.0404. The number of esters is 1. The number of methoxy groups -OCH3 is 1. The molecular weight excluding hydrogens is 444 g/mol. The molecule has 0 spiro atoms. The SMILES string of the molecule is CCOC(=O)CC(NC(=O)Cc1csc(-c2ccc(Cl)s2)n1)c1cccc(OC)c1. The highest BCUT2D eigenvalue weighted by atomic mass is 35.5. The summed E-state index contributed by atoms with van der Waals surface area (Å²) in [6, 6.07) is 10.5. The summed E-state index contributed by atoms with van der Waals surface area (Å²) >= 11 is 8.90. The number of halogens is 1. The summed E-state index contributed by atoms with van der Waals surface area (Å²) in [6.45, 7) is 2.03. The van der Waals surface area contributed by atoms with Gasteiger partial charge in [0.1, 0.15) is 10.8 Å². The van der Waals surface area contributed by atoms with Gasteiger partial charge in [0.05, 0.1) is 47.5 Å². The Kier molecular flexibility index (Phi) is 7.84. The van der Waals surface area contributed by atoms with E-state index < -0.39 is 6.04 Å². The van der Waals surface area contributed by atoms with E-state index in [2.05, 4.69) is 10.3 Å². The van der Waals surface area contributed by atoms with Gasteiger partial charge in [-0.1, -0.05) is 23.7 Å². The number of amides is 1. The van der Waals surface area contributed by atoms with Gasteiger partial charge in [-0.2, -0.15) is 0 Å². The van der Waals surface area contributed by atoms with Gasteiger partial charge in [0, 0.05) is 5.38 Å². The van der Waals surface area contributed by atoms with Gasteiger partial charge in [-0.05, 0) is 36.8 Å². The second kappa shape index (κ2) is 10.6. The number of carbonyl (C=O) groups is 2. The van der Waals surface area contributed by atoms with E-state index in [4.69, 9.17) is 21.1 Å². The minimum Gasteiger partial charge on any atom is -0.497 e. The predicted molar refractivity (Wildman–Crippen MR) is 119 cm³/mol. The third-order valence-electron chi connectivity index (χ3n) is 4.18. The average molecular weight is 465 g/mol. The van der Waals surface area contributed by atoms with Crippen molar-refractivity contribution < 1.29 is 19.1 Å². The Labute approximate surface area is 187 Å². The molecule has 1 atom stereocenters. The first-order valence-corrected chi connectivity index (χ1v) is 11.3. The van der Waals surface area contributed by atoms with Crippen LogP contribution in [0.4, 0.5) is 0 Å². The van der Waals surface area contributed by atoms with Crippen LogP contribution in [0.5, 0.6) is 5.75 Å². The number of ether oxygens (including phenoxy) is 2. The van der Waals surface area contributed by atoms with Crippen molar-refractivity contribution >= 4 is 46.2 Å². The molecule has 3 rings (SSSR count). The monoisotopic (exact) mass is 464 g/mol. The van der Waals surface area contributed by atoms with Crippen LogP contribution in [0.25, 0.3) is 9.88 Å². The van der Waals surface area contributed by atoms with E-state index in [9.17, 15) is 9.59 Å². The van der Waals surface area contributed by atoms with Crippen molar-refractivity contribution in [2.45, 2.75) is 25.8 Å². The van der Waals surface area contributed by atoms with Crippen molar-refractivity contribution in [3.05, 3.63) is 57.4 Å². The lowest BCUT2D eigenvalue weighted by atomic mass is 10.0. The predicted octanol–water partition coefficient (Wildman–Crippen LogP) is 4.89. The van der Waals surface area contributed by atoms with Crippen molar-refractivity contribution in [2.24, 2.45) is 0 Å². The van der Waals surface area contributed by atoms with Crippen LogP contribution in [-0.2, 0) is 20.7 Å². The van der Waals surface area contributed by atoms with Crippen molar-refractivity contribution in [3.8, 4) is 15.6 Å². The zero-order valence-corrected chi connectivity index (χ0v) is 18.9. The number of hydrogen-bond acceptors (Lipinski definition) is 7. The number of carbonyl (C=O) groups excluding carboxylic acids is 2. The van der Waals surface area contributed by atoms with E-state index in [1.54, 1.807) is 26.2 Å². The molecule has 0 fully saturated rings. The fourth-order valence-corrected chi connectivity index (χ4v) is 4.77. The Hall–Kier alpha value is -2.42. The number of aromatic nitrogens is 1. The van der Waals surface area contributed by atoms with Crippen LogP contribution in [-0.4, -0.2) is 30.6 Å². The largest absolute Gasteiger partial charge is 0.497 e. The molecule has 1 amide bonds. The van der Waals surface area contributed by atoms with Crippen LogP contribution in [0.2, 0.25) is 4.34 Å². The van der Waals surface area contributed by atoms with E-state index in [-0.39, 0.29) is 31.3 Å². The first-order valence-electron chi connectivity index (χ1n) is 9.27. The van der Waals surface area contributed by atoms with Gasteiger partial charge in [-0.25, -0.2) is 4.98 Å².